The van der Waals surface area contributed by atoms with E-state index in [0.717, 1.165) is 0 Å². The maximum Gasteiger partial charge on any atom is 0.261 e. The summed E-state index contributed by atoms with van der Waals surface area (Å²) in [5, 5.41) is 0.425. The number of fused-ring (bicyclic) bond motifs is 1. The fraction of sp³-hybridized carbons (Fsp3) is 0.308. The molecule has 0 bridgehead atoms. The predicted octanol–water partition coefficient (Wildman–Crippen LogP) is 0.457. The molecule has 1 aromatic heterocycles. The summed E-state index contributed by atoms with van der Waals surface area (Å²) in [5.41, 5.74) is 6.49. The molecule has 1 heterocycles. The molecule has 0 radical (unpaired) electrons. The minimum Gasteiger partial charge on any atom is -0.399 e. The summed E-state index contributed by atoms with van der Waals surface area (Å²) >= 11 is 0. The van der Waals surface area contributed by atoms with Crippen LogP contribution in [0, 0.1) is 0 Å². The van der Waals surface area contributed by atoms with Gasteiger partial charge in [-0.3, -0.25) is 14.2 Å². The van der Waals surface area contributed by atoms with Crippen LogP contribution in [0.1, 0.15) is 6.92 Å². The van der Waals surface area contributed by atoms with Crippen molar-refractivity contribution in [1.29, 1.82) is 0 Å². The predicted molar refractivity (Wildman–Crippen MR) is 73.7 cm³/mol. The van der Waals surface area contributed by atoms with Crippen LogP contribution in [0.15, 0.2) is 29.3 Å². The molecule has 6 heteroatoms. The third kappa shape index (κ3) is 2.57. The van der Waals surface area contributed by atoms with Crippen molar-refractivity contribution >= 4 is 22.5 Å². The van der Waals surface area contributed by atoms with Gasteiger partial charge in [-0.1, -0.05) is 0 Å². The Hall–Kier alpha value is -2.37. The Balaban J connectivity index is 2.43. The van der Waals surface area contributed by atoms with Gasteiger partial charge in [0.25, 0.3) is 5.56 Å². The Bertz CT molecular complexity index is 678. The second-order valence-corrected chi connectivity index (χ2v) is 4.36. The lowest BCUT2D eigenvalue weighted by atomic mass is 10.2. The summed E-state index contributed by atoms with van der Waals surface area (Å²) in [6, 6.07) is 4.96. The van der Waals surface area contributed by atoms with E-state index in [4.69, 9.17) is 5.73 Å². The number of rotatable bonds is 3. The average molecular weight is 260 g/mol. The summed E-state index contributed by atoms with van der Waals surface area (Å²) in [5.74, 6) is -0.130. The van der Waals surface area contributed by atoms with Gasteiger partial charge in [0.05, 0.1) is 17.2 Å². The van der Waals surface area contributed by atoms with E-state index in [1.807, 2.05) is 6.92 Å². The van der Waals surface area contributed by atoms with Crippen molar-refractivity contribution in [2.24, 2.45) is 0 Å². The zero-order valence-corrected chi connectivity index (χ0v) is 11.0. The monoisotopic (exact) mass is 260 g/mol. The van der Waals surface area contributed by atoms with Gasteiger partial charge in [-0.25, -0.2) is 4.98 Å². The topological polar surface area (TPSA) is 81.2 Å². The lowest BCUT2D eigenvalue weighted by Gasteiger charge is -2.15. The zero-order valence-electron chi connectivity index (χ0n) is 11.0. The Labute approximate surface area is 110 Å². The van der Waals surface area contributed by atoms with E-state index in [1.165, 1.54) is 10.9 Å². The standard InChI is InChI=1S/C13H16N4O2/c1-3-16(2)12(18)7-17-8-15-11-5-4-9(14)6-10(11)13(17)19/h4-6,8H,3,7,14H2,1-2H3. The van der Waals surface area contributed by atoms with Gasteiger partial charge in [0.1, 0.15) is 6.54 Å². The molecule has 0 aliphatic carbocycles. The number of hydrogen-bond acceptors (Lipinski definition) is 4. The van der Waals surface area contributed by atoms with Crippen molar-refractivity contribution < 1.29 is 4.79 Å². The third-order valence-electron chi connectivity index (χ3n) is 3.05. The van der Waals surface area contributed by atoms with E-state index in [2.05, 4.69) is 4.98 Å². The molecule has 6 nitrogen and oxygen atoms in total. The van der Waals surface area contributed by atoms with E-state index in [9.17, 15) is 9.59 Å². The summed E-state index contributed by atoms with van der Waals surface area (Å²) in [7, 11) is 1.69. The molecule has 0 atom stereocenters. The molecule has 0 saturated heterocycles. The van der Waals surface area contributed by atoms with Crippen molar-refractivity contribution in [2.75, 3.05) is 19.3 Å². The first kappa shape index (κ1) is 13.1. The van der Waals surface area contributed by atoms with Gasteiger partial charge < -0.3 is 10.6 Å². The van der Waals surface area contributed by atoms with Crippen LogP contribution in [0.4, 0.5) is 5.69 Å². The molecule has 19 heavy (non-hydrogen) atoms. The largest absolute Gasteiger partial charge is 0.399 e. The summed E-state index contributed by atoms with van der Waals surface area (Å²) < 4.78 is 1.30. The van der Waals surface area contributed by atoms with E-state index >= 15 is 0 Å². The molecule has 2 aromatic rings. The van der Waals surface area contributed by atoms with Crippen molar-refractivity contribution in [1.82, 2.24) is 14.5 Å². The van der Waals surface area contributed by atoms with Crippen molar-refractivity contribution in [3.63, 3.8) is 0 Å². The first-order valence-corrected chi connectivity index (χ1v) is 6.01. The number of nitrogens with zero attached hydrogens (tertiary/aromatic N) is 3. The first-order chi connectivity index (χ1) is 9.02. The number of amides is 1. The van der Waals surface area contributed by atoms with E-state index in [-0.39, 0.29) is 18.0 Å². The number of benzene rings is 1. The number of nitrogen functional groups attached to an aromatic ring is 1. The maximum absolute atomic E-state index is 12.2. The highest BCUT2D eigenvalue weighted by molar-refractivity contribution is 5.81. The van der Waals surface area contributed by atoms with Crippen LogP contribution in [0.25, 0.3) is 10.9 Å². The second-order valence-electron chi connectivity index (χ2n) is 4.36. The molecule has 0 aliphatic heterocycles. The van der Waals surface area contributed by atoms with E-state index in [0.29, 0.717) is 23.1 Å². The molecule has 0 saturated carbocycles. The molecule has 0 unspecified atom stereocenters. The van der Waals surface area contributed by atoms with Crippen LogP contribution in [0.2, 0.25) is 0 Å². The highest BCUT2D eigenvalue weighted by atomic mass is 16.2. The summed E-state index contributed by atoms with van der Waals surface area (Å²) in [6.45, 7) is 2.46. The molecule has 100 valence electrons. The summed E-state index contributed by atoms with van der Waals surface area (Å²) in [6.07, 6.45) is 1.39. The molecule has 0 aliphatic rings. The van der Waals surface area contributed by atoms with Gasteiger partial charge in [-0.15, -0.1) is 0 Å². The molecule has 1 aromatic carbocycles. The van der Waals surface area contributed by atoms with Crippen molar-refractivity contribution in [3.05, 3.63) is 34.9 Å². The lowest BCUT2D eigenvalue weighted by molar-refractivity contribution is -0.130. The van der Waals surface area contributed by atoms with Gasteiger partial charge in [0, 0.05) is 19.3 Å². The van der Waals surface area contributed by atoms with Crippen LogP contribution in [-0.4, -0.2) is 34.0 Å². The van der Waals surface area contributed by atoms with Gasteiger partial charge >= 0.3 is 0 Å². The smallest absolute Gasteiger partial charge is 0.261 e. The Kier molecular flexibility index (Phi) is 3.50. The van der Waals surface area contributed by atoms with Crippen LogP contribution < -0.4 is 11.3 Å². The van der Waals surface area contributed by atoms with Gasteiger partial charge in [-0.2, -0.15) is 0 Å². The van der Waals surface area contributed by atoms with Gasteiger partial charge in [-0.05, 0) is 25.1 Å². The number of aromatic nitrogens is 2. The van der Waals surface area contributed by atoms with Crippen LogP contribution in [-0.2, 0) is 11.3 Å². The van der Waals surface area contributed by atoms with Gasteiger partial charge in [0.15, 0.2) is 0 Å². The Morgan fingerprint density at radius 2 is 2.21 bits per heavy atom. The lowest BCUT2D eigenvalue weighted by Crippen LogP contribution is -2.33. The Morgan fingerprint density at radius 1 is 1.47 bits per heavy atom. The number of anilines is 1. The van der Waals surface area contributed by atoms with Crippen molar-refractivity contribution in [3.8, 4) is 0 Å². The molecular weight excluding hydrogens is 244 g/mol. The molecule has 1 amide bonds. The number of hydrogen-bond donors (Lipinski definition) is 1. The number of carbonyl (C=O) groups is 1. The average Bonchev–Trinajstić information content (AvgIpc) is 2.41. The minimum absolute atomic E-state index is 0.0130. The fourth-order valence-corrected chi connectivity index (χ4v) is 1.73. The number of nitrogens with two attached hydrogens (primary N) is 1. The van der Waals surface area contributed by atoms with Crippen LogP contribution in [0.5, 0.6) is 0 Å². The molecule has 0 spiro atoms. The maximum atomic E-state index is 12.2. The van der Waals surface area contributed by atoms with Crippen molar-refractivity contribution in [2.45, 2.75) is 13.5 Å². The first-order valence-electron chi connectivity index (χ1n) is 6.01. The molecular formula is C13H16N4O2. The normalized spacial score (nSPS) is 10.6. The zero-order chi connectivity index (χ0) is 14.0. The second kappa shape index (κ2) is 5.09. The number of carbonyl (C=O) groups excluding carboxylic acids is 1. The summed E-state index contributed by atoms with van der Waals surface area (Å²) in [4.78, 5) is 29.7. The minimum atomic E-state index is -0.254. The molecule has 2 rings (SSSR count). The molecule has 0 fully saturated rings. The highest BCUT2D eigenvalue weighted by Crippen LogP contribution is 2.10. The van der Waals surface area contributed by atoms with Crippen LogP contribution >= 0.6 is 0 Å². The fourth-order valence-electron chi connectivity index (χ4n) is 1.73. The Morgan fingerprint density at radius 3 is 2.89 bits per heavy atom. The van der Waals surface area contributed by atoms with Gasteiger partial charge in [0.2, 0.25) is 5.91 Å². The quantitative estimate of drug-likeness (QED) is 0.813. The SMILES string of the molecule is CCN(C)C(=O)Cn1cnc2ccc(N)cc2c1=O. The van der Waals surface area contributed by atoms with E-state index < -0.39 is 0 Å². The number of likely N-dealkylation sites (N-methyl/N-ethyl adjacent to an activating group) is 1. The van der Waals surface area contributed by atoms with E-state index in [1.54, 1.807) is 30.1 Å². The third-order valence-corrected chi connectivity index (χ3v) is 3.05. The molecule has 2 N–H and O–H groups in total. The van der Waals surface area contributed by atoms with Crippen LogP contribution in [0.3, 0.4) is 0 Å². The highest BCUT2D eigenvalue weighted by Gasteiger charge is 2.10.